The zero-order chi connectivity index (χ0) is 17.3. The number of aryl methyl sites for hydroxylation is 2. The maximum Gasteiger partial charge on any atom is 0.208 e. The lowest BCUT2D eigenvalue weighted by Gasteiger charge is -2.36. The molecule has 0 spiro atoms. The number of hydrogen-bond donors (Lipinski definition) is 1. The van der Waals surface area contributed by atoms with Crippen molar-refractivity contribution in [2.75, 3.05) is 19.6 Å². The van der Waals surface area contributed by atoms with Gasteiger partial charge < -0.3 is 9.73 Å². The number of nitrogens with zero attached hydrogens (tertiary/aromatic N) is 2. The minimum Gasteiger partial charge on any atom is -0.444 e. The third kappa shape index (κ3) is 4.60. The Balaban J connectivity index is 1.42. The average Bonchev–Trinajstić information content (AvgIpc) is 3.27. The van der Waals surface area contributed by atoms with E-state index in [1.165, 1.54) is 32.2 Å². The van der Waals surface area contributed by atoms with Crippen LogP contribution in [0.15, 0.2) is 4.42 Å². The molecule has 1 aromatic heterocycles. The fraction of sp³-hybridized carbons (Fsp3) is 0.850. The van der Waals surface area contributed by atoms with Gasteiger partial charge in [-0.1, -0.05) is 20.8 Å². The summed E-state index contributed by atoms with van der Waals surface area (Å²) < 4.78 is 5.73. The van der Waals surface area contributed by atoms with Crippen LogP contribution < -0.4 is 5.32 Å². The Morgan fingerprint density at radius 3 is 2.33 bits per heavy atom. The minimum absolute atomic E-state index is 0.378. The second kappa shape index (κ2) is 7.17. The fourth-order valence-electron chi connectivity index (χ4n) is 4.05. The number of rotatable bonds is 6. The van der Waals surface area contributed by atoms with Gasteiger partial charge >= 0.3 is 0 Å². The molecule has 0 aromatic carbocycles. The van der Waals surface area contributed by atoms with Gasteiger partial charge in [-0.2, -0.15) is 0 Å². The van der Waals surface area contributed by atoms with Crippen molar-refractivity contribution in [1.29, 1.82) is 0 Å². The molecule has 1 unspecified atom stereocenters. The molecule has 0 amide bonds. The predicted molar refractivity (Wildman–Crippen MR) is 97.9 cm³/mol. The van der Waals surface area contributed by atoms with Gasteiger partial charge in [0, 0.05) is 6.04 Å². The summed E-state index contributed by atoms with van der Waals surface area (Å²) in [4.78, 5) is 7.00. The van der Waals surface area contributed by atoms with Crippen molar-refractivity contribution >= 4 is 0 Å². The number of aromatic nitrogens is 1. The molecular weight excluding hydrogens is 298 g/mol. The standard InChI is InChI=1S/C20H35N3O/c1-14-15(2)24-18(22-14)13-23-10-8-16(9-11-23)12-21-19(17-6-7-17)20(3,4)5/h16-17,19,21H,6-13H2,1-5H3. The highest BCUT2D eigenvalue weighted by molar-refractivity contribution is 5.05. The first-order chi connectivity index (χ1) is 11.3. The molecule has 0 radical (unpaired) electrons. The van der Waals surface area contributed by atoms with Crippen LogP contribution in [0.4, 0.5) is 0 Å². The Labute approximate surface area is 147 Å². The SMILES string of the molecule is Cc1nc(CN2CCC(CNC(C3CC3)C(C)(C)C)CC2)oc1C. The van der Waals surface area contributed by atoms with E-state index in [0.717, 1.165) is 48.8 Å². The van der Waals surface area contributed by atoms with Crippen molar-refractivity contribution in [3.8, 4) is 0 Å². The Morgan fingerprint density at radius 1 is 1.17 bits per heavy atom. The van der Waals surface area contributed by atoms with Crippen LogP contribution in [0, 0.1) is 31.1 Å². The average molecular weight is 334 g/mol. The molecule has 4 heteroatoms. The second-order valence-electron chi connectivity index (χ2n) is 9.06. The van der Waals surface area contributed by atoms with Crippen molar-refractivity contribution in [3.05, 3.63) is 17.3 Å². The van der Waals surface area contributed by atoms with Crippen LogP contribution >= 0.6 is 0 Å². The van der Waals surface area contributed by atoms with Gasteiger partial charge in [0.25, 0.3) is 0 Å². The number of hydrogen-bond acceptors (Lipinski definition) is 4. The molecule has 24 heavy (non-hydrogen) atoms. The van der Waals surface area contributed by atoms with Crippen molar-refractivity contribution in [1.82, 2.24) is 15.2 Å². The monoisotopic (exact) mass is 333 g/mol. The van der Waals surface area contributed by atoms with E-state index in [-0.39, 0.29) is 0 Å². The van der Waals surface area contributed by atoms with Crippen molar-refractivity contribution < 1.29 is 4.42 Å². The maximum atomic E-state index is 5.73. The van der Waals surface area contributed by atoms with E-state index in [9.17, 15) is 0 Å². The first-order valence-electron chi connectivity index (χ1n) is 9.71. The van der Waals surface area contributed by atoms with E-state index < -0.39 is 0 Å². The largest absolute Gasteiger partial charge is 0.444 e. The predicted octanol–water partition coefficient (Wildman–Crippen LogP) is 3.92. The van der Waals surface area contributed by atoms with Gasteiger partial charge in [0.15, 0.2) is 0 Å². The molecular formula is C20H35N3O. The molecule has 1 saturated carbocycles. The van der Waals surface area contributed by atoms with Gasteiger partial charge in [0.2, 0.25) is 5.89 Å². The van der Waals surface area contributed by atoms with Crippen LogP contribution in [-0.4, -0.2) is 35.6 Å². The maximum absolute atomic E-state index is 5.73. The summed E-state index contributed by atoms with van der Waals surface area (Å²) in [6, 6.07) is 0.689. The van der Waals surface area contributed by atoms with Crippen LogP contribution in [0.1, 0.15) is 63.8 Å². The number of oxazole rings is 1. The summed E-state index contributed by atoms with van der Waals surface area (Å²) in [5.41, 5.74) is 1.40. The Hall–Kier alpha value is -0.870. The quantitative estimate of drug-likeness (QED) is 0.857. The summed E-state index contributed by atoms with van der Waals surface area (Å²) in [7, 11) is 0. The summed E-state index contributed by atoms with van der Waals surface area (Å²) in [5.74, 6) is 3.57. The van der Waals surface area contributed by atoms with E-state index in [1.54, 1.807) is 0 Å². The highest BCUT2D eigenvalue weighted by Crippen LogP contribution is 2.40. The van der Waals surface area contributed by atoms with Crippen LogP contribution in [0.2, 0.25) is 0 Å². The van der Waals surface area contributed by atoms with Crippen molar-refractivity contribution in [3.63, 3.8) is 0 Å². The topological polar surface area (TPSA) is 41.3 Å². The highest BCUT2D eigenvalue weighted by Gasteiger charge is 2.38. The minimum atomic E-state index is 0.378. The molecule has 2 aliphatic rings. The normalized spacial score (nSPS) is 22.0. The summed E-state index contributed by atoms with van der Waals surface area (Å²) in [6.45, 7) is 15.5. The van der Waals surface area contributed by atoms with Crippen LogP contribution in [0.3, 0.4) is 0 Å². The number of nitrogens with one attached hydrogen (secondary N) is 1. The summed E-state index contributed by atoms with van der Waals surface area (Å²) >= 11 is 0. The molecule has 0 bridgehead atoms. The van der Waals surface area contributed by atoms with E-state index in [4.69, 9.17) is 4.42 Å². The van der Waals surface area contributed by atoms with Gasteiger partial charge in [-0.25, -0.2) is 4.98 Å². The molecule has 1 saturated heterocycles. The lowest BCUT2D eigenvalue weighted by Crippen LogP contribution is -2.45. The van der Waals surface area contributed by atoms with Gasteiger partial charge in [0.05, 0.1) is 12.2 Å². The molecule has 1 aromatic rings. The Bertz CT molecular complexity index is 514. The third-order valence-corrected chi connectivity index (χ3v) is 5.79. The zero-order valence-corrected chi connectivity index (χ0v) is 16.2. The molecule has 2 heterocycles. The van der Waals surface area contributed by atoms with Crippen molar-refractivity contribution in [2.45, 2.75) is 72.9 Å². The van der Waals surface area contributed by atoms with Gasteiger partial charge in [-0.05, 0) is 76.4 Å². The van der Waals surface area contributed by atoms with Crippen molar-refractivity contribution in [2.24, 2.45) is 17.3 Å². The smallest absolute Gasteiger partial charge is 0.208 e. The third-order valence-electron chi connectivity index (χ3n) is 5.79. The van der Waals surface area contributed by atoms with Gasteiger partial charge in [-0.3, -0.25) is 4.90 Å². The molecule has 1 N–H and O–H groups in total. The van der Waals surface area contributed by atoms with Gasteiger partial charge in [-0.15, -0.1) is 0 Å². The first-order valence-corrected chi connectivity index (χ1v) is 9.71. The second-order valence-corrected chi connectivity index (χ2v) is 9.06. The lowest BCUT2D eigenvalue weighted by molar-refractivity contribution is 0.151. The molecule has 4 nitrogen and oxygen atoms in total. The fourth-order valence-corrected chi connectivity index (χ4v) is 4.05. The molecule has 1 aliphatic heterocycles. The molecule has 2 fully saturated rings. The van der Waals surface area contributed by atoms with Gasteiger partial charge in [0.1, 0.15) is 5.76 Å². The molecule has 1 aliphatic carbocycles. The Morgan fingerprint density at radius 2 is 1.83 bits per heavy atom. The Kier molecular flexibility index (Phi) is 5.36. The molecule has 3 rings (SSSR count). The zero-order valence-electron chi connectivity index (χ0n) is 16.2. The summed E-state index contributed by atoms with van der Waals surface area (Å²) in [5, 5.41) is 3.92. The van der Waals surface area contributed by atoms with E-state index >= 15 is 0 Å². The van der Waals surface area contributed by atoms with E-state index in [2.05, 4.69) is 36.0 Å². The summed E-state index contributed by atoms with van der Waals surface area (Å²) in [6.07, 6.45) is 5.41. The van der Waals surface area contributed by atoms with Crippen LogP contribution in [-0.2, 0) is 6.54 Å². The molecule has 136 valence electrons. The number of likely N-dealkylation sites (tertiary alicyclic amines) is 1. The first kappa shape index (κ1) is 17.9. The number of piperidine rings is 1. The van der Waals surface area contributed by atoms with E-state index in [0.29, 0.717) is 11.5 Å². The van der Waals surface area contributed by atoms with Crippen LogP contribution in [0.5, 0.6) is 0 Å². The van der Waals surface area contributed by atoms with E-state index in [1.807, 2.05) is 13.8 Å². The lowest BCUT2D eigenvalue weighted by atomic mass is 9.83. The van der Waals surface area contributed by atoms with Crippen LogP contribution in [0.25, 0.3) is 0 Å². The highest BCUT2D eigenvalue weighted by atomic mass is 16.4. The molecule has 1 atom stereocenters.